The maximum absolute atomic E-state index is 12.2. The Morgan fingerprint density at radius 1 is 0.931 bits per heavy atom. The number of nitrogens with zero attached hydrogens (tertiary/aromatic N) is 4. The molecule has 0 radical (unpaired) electrons. The van der Waals surface area contributed by atoms with Crippen molar-refractivity contribution in [2.24, 2.45) is 0 Å². The van der Waals surface area contributed by atoms with Gasteiger partial charge in [-0.3, -0.25) is 9.78 Å². The third-order valence-corrected chi connectivity index (χ3v) is 4.84. The lowest BCUT2D eigenvalue weighted by molar-refractivity contribution is 0.102. The van der Waals surface area contributed by atoms with E-state index >= 15 is 0 Å². The first-order valence-corrected chi connectivity index (χ1v) is 9.86. The maximum atomic E-state index is 12.2. The third kappa shape index (κ3) is 4.87. The molecule has 3 aromatic rings. The van der Waals surface area contributed by atoms with Crippen molar-refractivity contribution in [1.82, 2.24) is 15.0 Å². The van der Waals surface area contributed by atoms with Crippen LogP contribution in [0.25, 0.3) is 0 Å². The molecule has 0 aliphatic carbocycles. The predicted octanol–water partition coefficient (Wildman–Crippen LogP) is 4.17. The molecule has 0 spiro atoms. The van der Waals surface area contributed by atoms with E-state index in [1.807, 2.05) is 37.3 Å². The smallest absolute Gasteiger partial charge is 0.255 e. The molecule has 1 aliphatic rings. The SMILES string of the molecule is Cc1cc(Nc2ccc(NC(=O)c3ccncc3)cc2)nc(N2CCCCC2)n1. The number of carbonyl (C=O) groups is 1. The number of aromatic nitrogens is 3. The fourth-order valence-electron chi connectivity index (χ4n) is 3.34. The van der Waals surface area contributed by atoms with Gasteiger partial charge in [-0.15, -0.1) is 0 Å². The first-order valence-electron chi connectivity index (χ1n) is 9.86. The van der Waals surface area contributed by atoms with Gasteiger partial charge in [0.2, 0.25) is 5.95 Å². The van der Waals surface area contributed by atoms with Gasteiger partial charge >= 0.3 is 0 Å². The number of hydrogen-bond acceptors (Lipinski definition) is 6. The first kappa shape index (κ1) is 18.9. The van der Waals surface area contributed by atoms with Crippen LogP contribution in [-0.4, -0.2) is 33.9 Å². The number of pyridine rings is 1. The van der Waals surface area contributed by atoms with Crippen LogP contribution in [0.4, 0.5) is 23.1 Å². The molecule has 2 aromatic heterocycles. The first-order chi connectivity index (χ1) is 14.2. The Morgan fingerprint density at radius 2 is 1.62 bits per heavy atom. The monoisotopic (exact) mass is 388 g/mol. The van der Waals surface area contributed by atoms with E-state index in [9.17, 15) is 4.79 Å². The molecule has 0 bridgehead atoms. The number of rotatable bonds is 5. The summed E-state index contributed by atoms with van der Waals surface area (Å²) in [6.45, 7) is 4.00. The number of hydrogen-bond donors (Lipinski definition) is 2. The van der Waals surface area contributed by atoms with Gasteiger partial charge in [-0.25, -0.2) is 4.98 Å². The van der Waals surface area contributed by atoms with Gasteiger partial charge in [-0.2, -0.15) is 4.98 Å². The van der Waals surface area contributed by atoms with E-state index in [1.165, 1.54) is 19.3 Å². The van der Waals surface area contributed by atoms with Gasteiger partial charge in [0, 0.05) is 54.2 Å². The Balaban J connectivity index is 1.43. The van der Waals surface area contributed by atoms with E-state index in [0.717, 1.165) is 41.9 Å². The summed E-state index contributed by atoms with van der Waals surface area (Å²) in [4.78, 5) is 27.7. The van der Waals surface area contributed by atoms with Crippen molar-refractivity contribution in [2.45, 2.75) is 26.2 Å². The topological polar surface area (TPSA) is 83.0 Å². The van der Waals surface area contributed by atoms with Gasteiger partial charge in [-0.05, 0) is 62.6 Å². The van der Waals surface area contributed by atoms with Crippen molar-refractivity contribution in [2.75, 3.05) is 28.6 Å². The van der Waals surface area contributed by atoms with E-state index in [0.29, 0.717) is 5.56 Å². The molecule has 1 aromatic carbocycles. The molecule has 1 aliphatic heterocycles. The molecule has 29 heavy (non-hydrogen) atoms. The Morgan fingerprint density at radius 3 is 2.34 bits per heavy atom. The number of nitrogens with one attached hydrogen (secondary N) is 2. The van der Waals surface area contributed by atoms with Crippen molar-refractivity contribution >= 4 is 29.0 Å². The average Bonchev–Trinajstić information content (AvgIpc) is 2.76. The second-order valence-electron chi connectivity index (χ2n) is 7.13. The molecule has 148 valence electrons. The molecule has 1 amide bonds. The quantitative estimate of drug-likeness (QED) is 0.683. The summed E-state index contributed by atoms with van der Waals surface area (Å²) in [6.07, 6.45) is 6.85. The molecule has 0 unspecified atom stereocenters. The summed E-state index contributed by atoms with van der Waals surface area (Å²) >= 11 is 0. The predicted molar refractivity (Wildman–Crippen MR) is 115 cm³/mol. The largest absolute Gasteiger partial charge is 0.341 e. The molecular formula is C22H24N6O. The van der Waals surface area contributed by atoms with Crippen molar-refractivity contribution in [3.05, 3.63) is 66.1 Å². The molecule has 4 rings (SSSR count). The lowest BCUT2D eigenvalue weighted by atomic mass is 10.1. The van der Waals surface area contributed by atoms with E-state index in [1.54, 1.807) is 24.5 Å². The summed E-state index contributed by atoms with van der Waals surface area (Å²) in [5, 5.41) is 6.22. The van der Waals surface area contributed by atoms with Crippen LogP contribution in [0.15, 0.2) is 54.9 Å². The third-order valence-electron chi connectivity index (χ3n) is 4.84. The fourth-order valence-corrected chi connectivity index (χ4v) is 3.34. The highest BCUT2D eigenvalue weighted by molar-refractivity contribution is 6.04. The highest BCUT2D eigenvalue weighted by Crippen LogP contribution is 2.22. The molecule has 2 N–H and O–H groups in total. The van der Waals surface area contributed by atoms with Crippen LogP contribution in [-0.2, 0) is 0 Å². The van der Waals surface area contributed by atoms with Crippen LogP contribution in [0, 0.1) is 6.92 Å². The van der Waals surface area contributed by atoms with Gasteiger partial charge in [0.1, 0.15) is 5.82 Å². The minimum Gasteiger partial charge on any atom is -0.341 e. The van der Waals surface area contributed by atoms with Crippen LogP contribution in [0.2, 0.25) is 0 Å². The number of carbonyl (C=O) groups excluding carboxylic acids is 1. The average molecular weight is 388 g/mol. The minimum atomic E-state index is -0.161. The Bertz CT molecular complexity index is 968. The molecule has 7 nitrogen and oxygen atoms in total. The van der Waals surface area contributed by atoms with Gasteiger partial charge < -0.3 is 15.5 Å². The standard InChI is InChI=1S/C22H24N6O/c1-16-15-20(27-22(24-16)28-13-3-2-4-14-28)25-18-5-7-19(8-6-18)26-21(29)17-9-11-23-12-10-17/h5-12,15H,2-4,13-14H2,1H3,(H,26,29)(H,24,25,27). The molecule has 7 heteroatoms. The zero-order valence-corrected chi connectivity index (χ0v) is 16.4. The highest BCUT2D eigenvalue weighted by atomic mass is 16.1. The second kappa shape index (κ2) is 8.68. The molecule has 0 saturated carbocycles. The lowest BCUT2D eigenvalue weighted by Gasteiger charge is -2.27. The number of benzene rings is 1. The number of piperidine rings is 1. The van der Waals surface area contributed by atoms with Gasteiger partial charge in [0.05, 0.1) is 0 Å². The summed E-state index contributed by atoms with van der Waals surface area (Å²) in [5.41, 5.74) is 3.13. The van der Waals surface area contributed by atoms with Crippen LogP contribution >= 0.6 is 0 Å². The molecule has 1 fully saturated rings. The summed E-state index contributed by atoms with van der Waals surface area (Å²) < 4.78 is 0. The number of amides is 1. The minimum absolute atomic E-state index is 0.161. The lowest BCUT2D eigenvalue weighted by Crippen LogP contribution is -2.31. The van der Waals surface area contributed by atoms with Crippen molar-refractivity contribution < 1.29 is 4.79 Å². The van der Waals surface area contributed by atoms with Crippen LogP contribution in [0.1, 0.15) is 35.3 Å². The van der Waals surface area contributed by atoms with Crippen LogP contribution < -0.4 is 15.5 Å². The summed E-state index contributed by atoms with van der Waals surface area (Å²) in [6, 6.07) is 12.9. The highest BCUT2D eigenvalue weighted by Gasteiger charge is 2.14. The van der Waals surface area contributed by atoms with Gasteiger partial charge in [0.15, 0.2) is 0 Å². The van der Waals surface area contributed by atoms with Crippen molar-refractivity contribution in [3.8, 4) is 0 Å². The number of anilines is 4. The second-order valence-corrected chi connectivity index (χ2v) is 7.13. The summed E-state index contributed by atoms with van der Waals surface area (Å²) in [5.74, 6) is 1.39. The zero-order valence-electron chi connectivity index (χ0n) is 16.4. The molecule has 3 heterocycles. The van der Waals surface area contributed by atoms with Crippen molar-refractivity contribution in [1.29, 1.82) is 0 Å². The maximum Gasteiger partial charge on any atom is 0.255 e. The van der Waals surface area contributed by atoms with E-state index in [-0.39, 0.29) is 5.91 Å². The Labute approximate surface area is 170 Å². The summed E-state index contributed by atoms with van der Waals surface area (Å²) in [7, 11) is 0. The van der Waals surface area contributed by atoms with Crippen molar-refractivity contribution in [3.63, 3.8) is 0 Å². The van der Waals surface area contributed by atoms with Gasteiger partial charge in [-0.1, -0.05) is 0 Å². The van der Waals surface area contributed by atoms with E-state index in [2.05, 4.69) is 25.5 Å². The number of aryl methyl sites for hydroxylation is 1. The molecule has 0 atom stereocenters. The molecule has 1 saturated heterocycles. The van der Waals surface area contributed by atoms with Crippen LogP contribution in [0.3, 0.4) is 0 Å². The van der Waals surface area contributed by atoms with E-state index < -0.39 is 0 Å². The molecular weight excluding hydrogens is 364 g/mol. The Kier molecular flexibility index (Phi) is 5.65. The zero-order chi connectivity index (χ0) is 20.1. The Hall–Kier alpha value is -3.48. The van der Waals surface area contributed by atoms with Gasteiger partial charge in [0.25, 0.3) is 5.91 Å². The van der Waals surface area contributed by atoms with Crippen LogP contribution in [0.5, 0.6) is 0 Å². The van der Waals surface area contributed by atoms with E-state index in [4.69, 9.17) is 4.98 Å². The normalized spacial score (nSPS) is 13.8. The fraction of sp³-hybridized carbons (Fsp3) is 0.273.